The summed E-state index contributed by atoms with van der Waals surface area (Å²) in [4.78, 5) is 33.7. The van der Waals surface area contributed by atoms with Crippen molar-refractivity contribution in [3.8, 4) is 0 Å². The molecule has 0 saturated heterocycles. The zero-order valence-electron chi connectivity index (χ0n) is 30.9. The van der Waals surface area contributed by atoms with E-state index in [-0.39, 0.29) is 32.1 Å². The molecule has 1 amide bonds. The number of hydrogen-bond acceptors (Lipinski definition) is 7. The molecular formula is C39H70NO8P. The van der Waals surface area contributed by atoms with Crippen LogP contribution in [0, 0.1) is 0 Å². The van der Waals surface area contributed by atoms with Crippen LogP contribution in [0.25, 0.3) is 0 Å². The highest BCUT2D eigenvalue weighted by atomic mass is 31.2. The quantitative estimate of drug-likeness (QED) is 0.0256. The van der Waals surface area contributed by atoms with Gasteiger partial charge in [0.25, 0.3) is 0 Å². The SMILES string of the molecule is CCCCC/C=C\C/C=C\C/C=C\C/C=C\CCCCCC(=O)NCCOP(=O)(O)OCC(O)COC(=O)CCCCCCCCCCC. The molecule has 284 valence electrons. The zero-order chi connectivity index (χ0) is 36.1. The van der Waals surface area contributed by atoms with Crippen molar-refractivity contribution in [1.82, 2.24) is 5.32 Å². The van der Waals surface area contributed by atoms with Gasteiger partial charge in [0.2, 0.25) is 5.91 Å². The zero-order valence-corrected chi connectivity index (χ0v) is 31.8. The molecule has 0 aliphatic carbocycles. The molecule has 0 aromatic heterocycles. The van der Waals surface area contributed by atoms with Crippen LogP contribution in [0.3, 0.4) is 0 Å². The molecule has 0 aliphatic heterocycles. The van der Waals surface area contributed by atoms with Gasteiger partial charge in [0.1, 0.15) is 12.7 Å². The molecule has 0 radical (unpaired) electrons. The Morgan fingerprint density at radius 2 is 1.10 bits per heavy atom. The Morgan fingerprint density at radius 3 is 1.69 bits per heavy atom. The number of aliphatic hydroxyl groups is 1. The summed E-state index contributed by atoms with van der Waals surface area (Å²) in [7, 11) is -4.42. The molecule has 49 heavy (non-hydrogen) atoms. The van der Waals surface area contributed by atoms with Crippen LogP contribution < -0.4 is 5.32 Å². The van der Waals surface area contributed by atoms with Gasteiger partial charge >= 0.3 is 13.8 Å². The summed E-state index contributed by atoms with van der Waals surface area (Å²) in [6, 6.07) is 0. The second kappa shape index (κ2) is 35.8. The van der Waals surface area contributed by atoms with Crippen LogP contribution in [-0.2, 0) is 27.9 Å². The van der Waals surface area contributed by atoms with Gasteiger partial charge < -0.3 is 20.1 Å². The van der Waals surface area contributed by atoms with Gasteiger partial charge in [-0.3, -0.25) is 18.6 Å². The molecule has 0 bridgehead atoms. The Kier molecular flexibility index (Phi) is 34.3. The van der Waals surface area contributed by atoms with Crippen molar-refractivity contribution < 1.29 is 37.9 Å². The Balaban J connectivity index is 3.69. The first-order valence-electron chi connectivity index (χ1n) is 19.1. The normalized spacial score (nSPS) is 14.0. The van der Waals surface area contributed by atoms with Gasteiger partial charge in [0.05, 0.1) is 13.2 Å². The minimum atomic E-state index is -4.42. The summed E-state index contributed by atoms with van der Waals surface area (Å²) in [5, 5.41) is 12.6. The van der Waals surface area contributed by atoms with E-state index in [1.165, 1.54) is 64.2 Å². The number of phosphoric acid groups is 1. The first-order chi connectivity index (χ1) is 23.8. The molecule has 0 spiro atoms. The largest absolute Gasteiger partial charge is 0.472 e. The first-order valence-corrected chi connectivity index (χ1v) is 20.6. The summed E-state index contributed by atoms with van der Waals surface area (Å²) in [5.41, 5.74) is 0. The monoisotopic (exact) mass is 711 g/mol. The van der Waals surface area contributed by atoms with Gasteiger partial charge in [0, 0.05) is 19.4 Å². The topological polar surface area (TPSA) is 131 Å². The molecule has 0 heterocycles. The molecule has 0 aromatic rings. The number of amides is 1. The molecule has 2 unspecified atom stereocenters. The number of nitrogens with one attached hydrogen (secondary N) is 1. The number of hydrogen-bond donors (Lipinski definition) is 3. The molecule has 2 atom stereocenters. The summed E-state index contributed by atoms with van der Waals surface area (Å²) in [6.07, 6.45) is 39.0. The van der Waals surface area contributed by atoms with Crippen LogP contribution in [0.15, 0.2) is 48.6 Å². The van der Waals surface area contributed by atoms with E-state index >= 15 is 0 Å². The van der Waals surface area contributed by atoms with Gasteiger partial charge in [-0.2, -0.15) is 0 Å². The summed E-state index contributed by atoms with van der Waals surface area (Å²) in [5.74, 6) is -0.553. The second-order valence-electron chi connectivity index (χ2n) is 12.6. The number of carbonyl (C=O) groups is 2. The summed E-state index contributed by atoms with van der Waals surface area (Å²) < 4.78 is 26.7. The number of unbranched alkanes of at least 4 members (excludes halogenated alkanes) is 14. The Morgan fingerprint density at radius 1 is 0.633 bits per heavy atom. The van der Waals surface area contributed by atoms with Gasteiger partial charge in [0.15, 0.2) is 0 Å². The number of allylic oxidation sites excluding steroid dienone is 8. The average molecular weight is 712 g/mol. The Bertz CT molecular complexity index is 949. The van der Waals surface area contributed by atoms with E-state index in [1.54, 1.807) is 0 Å². The van der Waals surface area contributed by atoms with E-state index in [4.69, 9.17) is 13.8 Å². The van der Waals surface area contributed by atoms with Crippen LogP contribution in [0.2, 0.25) is 0 Å². The number of ether oxygens (including phenoxy) is 1. The third kappa shape index (κ3) is 37.1. The highest BCUT2D eigenvalue weighted by molar-refractivity contribution is 7.47. The van der Waals surface area contributed by atoms with E-state index in [9.17, 15) is 24.2 Å². The Labute approximate surface area is 298 Å². The van der Waals surface area contributed by atoms with Crippen molar-refractivity contribution in [2.45, 2.75) is 161 Å². The first kappa shape index (κ1) is 47.0. The highest BCUT2D eigenvalue weighted by Gasteiger charge is 2.23. The molecule has 10 heteroatoms. The maximum atomic E-state index is 12.0. The predicted molar refractivity (Wildman–Crippen MR) is 201 cm³/mol. The molecule has 0 aliphatic rings. The molecular weight excluding hydrogens is 641 g/mol. The standard InChI is InChI=1S/C39H70NO8P/c1-3-5-7-9-11-13-14-15-16-17-18-19-20-21-22-24-25-27-29-31-38(42)40-33-34-47-49(44,45)48-36-37(41)35-46-39(43)32-30-28-26-23-12-10-8-6-4-2/h11,13,15-16,18-19,21-22,37,41H,3-10,12,14,17,20,23-36H2,1-2H3,(H,40,42)(H,44,45)/b13-11-,16-15-,19-18-,22-21-. The summed E-state index contributed by atoms with van der Waals surface area (Å²) in [6.45, 7) is 3.44. The van der Waals surface area contributed by atoms with Crippen LogP contribution in [0.4, 0.5) is 0 Å². The molecule has 0 aromatic carbocycles. The number of aliphatic hydroxyl groups excluding tert-OH is 1. The molecule has 0 rings (SSSR count). The van der Waals surface area contributed by atoms with Crippen molar-refractivity contribution in [2.75, 3.05) is 26.4 Å². The van der Waals surface area contributed by atoms with E-state index in [0.29, 0.717) is 6.42 Å². The summed E-state index contributed by atoms with van der Waals surface area (Å²) >= 11 is 0. The molecule has 9 nitrogen and oxygen atoms in total. The van der Waals surface area contributed by atoms with Crippen molar-refractivity contribution in [3.63, 3.8) is 0 Å². The lowest BCUT2D eigenvalue weighted by Gasteiger charge is -2.15. The van der Waals surface area contributed by atoms with E-state index in [2.05, 4.69) is 67.8 Å². The van der Waals surface area contributed by atoms with Gasteiger partial charge in [-0.15, -0.1) is 0 Å². The second-order valence-corrected chi connectivity index (χ2v) is 14.0. The van der Waals surface area contributed by atoms with E-state index in [0.717, 1.165) is 64.2 Å². The maximum absolute atomic E-state index is 12.0. The number of phosphoric ester groups is 1. The van der Waals surface area contributed by atoms with Gasteiger partial charge in [-0.1, -0.05) is 133 Å². The minimum absolute atomic E-state index is 0.0635. The average Bonchev–Trinajstić information content (AvgIpc) is 3.08. The molecule has 3 N–H and O–H groups in total. The lowest BCUT2D eigenvalue weighted by atomic mass is 10.1. The Hall–Kier alpha value is -2.03. The van der Waals surface area contributed by atoms with Crippen LogP contribution in [0.1, 0.15) is 155 Å². The smallest absolute Gasteiger partial charge is 0.463 e. The lowest BCUT2D eigenvalue weighted by molar-refractivity contribution is -0.147. The van der Waals surface area contributed by atoms with Gasteiger partial charge in [-0.25, -0.2) is 4.57 Å². The third-order valence-corrected chi connectivity index (χ3v) is 8.75. The van der Waals surface area contributed by atoms with Crippen molar-refractivity contribution in [2.24, 2.45) is 0 Å². The van der Waals surface area contributed by atoms with Crippen molar-refractivity contribution in [1.29, 1.82) is 0 Å². The number of rotatable bonds is 35. The molecule has 0 saturated carbocycles. The highest BCUT2D eigenvalue weighted by Crippen LogP contribution is 2.42. The fourth-order valence-corrected chi connectivity index (χ4v) is 5.59. The van der Waals surface area contributed by atoms with Crippen LogP contribution in [-0.4, -0.2) is 54.3 Å². The van der Waals surface area contributed by atoms with E-state index in [1.807, 2.05) is 0 Å². The van der Waals surface area contributed by atoms with Crippen LogP contribution in [0.5, 0.6) is 0 Å². The fourth-order valence-electron chi connectivity index (χ4n) is 4.83. The van der Waals surface area contributed by atoms with E-state index < -0.39 is 26.5 Å². The molecule has 0 fully saturated rings. The van der Waals surface area contributed by atoms with Crippen molar-refractivity contribution >= 4 is 19.7 Å². The lowest BCUT2D eigenvalue weighted by Crippen LogP contribution is -2.27. The fraction of sp³-hybridized carbons (Fsp3) is 0.744. The predicted octanol–water partition coefficient (Wildman–Crippen LogP) is 9.99. The van der Waals surface area contributed by atoms with Gasteiger partial charge in [-0.05, 0) is 57.8 Å². The maximum Gasteiger partial charge on any atom is 0.472 e. The van der Waals surface area contributed by atoms with Crippen LogP contribution >= 0.6 is 7.82 Å². The minimum Gasteiger partial charge on any atom is -0.463 e. The van der Waals surface area contributed by atoms with Crippen molar-refractivity contribution in [3.05, 3.63) is 48.6 Å². The number of esters is 1. The third-order valence-electron chi connectivity index (χ3n) is 7.76. The number of carbonyl (C=O) groups excluding carboxylic acids is 2.